The fraction of sp³-hybridized carbons (Fsp3) is 1.00. The number of rotatable bonds is 4. The molecule has 0 spiro atoms. The van der Waals surface area contributed by atoms with Gasteiger partial charge >= 0.3 is 0 Å². The first-order chi connectivity index (χ1) is 5.08. The van der Waals surface area contributed by atoms with Gasteiger partial charge in [-0.1, -0.05) is 13.3 Å². The van der Waals surface area contributed by atoms with Crippen LogP contribution in [0.15, 0.2) is 0 Å². The highest BCUT2D eigenvalue weighted by Gasteiger charge is 2.48. The summed E-state index contributed by atoms with van der Waals surface area (Å²) in [6.45, 7) is 2.11. The molecular formula is C7H16NO2P. The molecule has 0 aromatic heterocycles. The molecule has 0 amide bonds. The van der Waals surface area contributed by atoms with E-state index in [1.807, 2.05) is 0 Å². The predicted molar refractivity (Wildman–Crippen MR) is 46.0 cm³/mol. The summed E-state index contributed by atoms with van der Waals surface area (Å²) in [6, 6.07) is 0. The monoisotopic (exact) mass is 177 g/mol. The van der Waals surface area contributed by atoms with Gasteiger partial charge in [0.1, 0.15) is 0 Å². The van der Waals surface area contributed by atoms with E-state index in [-0.39, 0.29) is 5.54 Å². The van der Waals surface area contributed by atoms with E-state index >= 15 is 0 Å². The quantitative estimate of drug-likeness (QED) is 0.629. The number of hydrogen-bond donors (Lipinski definition) is 2. The average molecular weight is 177 g/mol. The first-order valence-corrected chi connectivity index (χ1v) is 5.65. The Balaban J connectivity index is 2.23. The standard InChI is InChI=1S/C7H16NO2P/c1-2-6-5-7(6,8)3-4-11(9)10/h6,11H,2-5,8H2,1H3,(H,9,10)/t6-,7+/m0/s1. The van der Waals surface area contributed by atoms with Crippen LogP contribution < -0.4 is 5.73 Å². The third-order valence-electron chi connectivity index (χ3n) is 2.58. The van der Waals surface area contributed by atoms with Crippen LogP contribution in [0, 0.1) is 5.92 Å². The molecule has 1 unspecified atom stereocenters. The van der Waals surface area contributed by atoms with Gasteiger partial charge in [0.15, 0.2) is 8.03 Å². The molecule has 0 bridgehead atoms. The lowest BCUT2D eigenvalue weighted by atomic mass is 10.1. The Hall–Kier alpha value is 0.150. The van der Waals surface area contributed by atoms with Crippen LogP contribution in [0.4, 0.5) is 0 Å². The van der Waals surface area contributed by atoms with E-state index in [1.54, 1.807) is 0 Å². The van der Waals surface area contributed by atoms with E-state index in [4.69, 9.17) is 10.6 Å². The Labute approximate surface area is 67.8 Å². The van der Waals surface area contributed by atoms with Gasteiger partial charge in [-0.2, -0.15) is 0 Å². The van der Waals surface area contributed by atoms with Crippen LogP contribution in [-0.2, 0) is 4.57 Å². The predicted octanol–water partition coefficient (Wildman–Crippen LogP) is 0.971. The molecule has 1 aliphatic rings. The normalized spacial score (nSPS) is 38.6. The molecule has 1 rings (SSSR count). The van der Waals surface area contributed by atoms with Gasteiger partial charge in [0.05, 0.1) is 0 Å². The molecule has 11 heavy (non-hydrogen) atoms. The van der Waals surface area contributed by atoms with Gasteiger partial charge in [-0.3, -0.25) is 4.57 Å². The second-order valence-electron chi connectivity index (χ2n) is 3.44. The molecule has 1 fully saturated rings. The first-order valence-electron chi connectivity index (χ1n) is 4.09. The van der Waals surface area contributed by atoms with Crippen LogP contribution in [0.1, 0.15) is 26.2 Å². The second kappa shape index (κ2) is 3.26. The van der Waals surface area contributed by atoms with Crippen molar-refractivity contribution in [3.05, 3.63) is 0 Å². The highest BCUT2D eigenvalue weighted by molar-refractivity contribution is 7.37. The van der Waals surface area contributed by atoms with E-state index in [0.717, 1.165) is 19.3 Å². The lowest BCUT2D eigenvalue weighted by molar-refractivity contribution is 0.490. The van der Waals surface area contributed by atoms with Crippen molar-refractivity contribution in [2.75, 3.05) is 6.16 Å². The van der Waals surface area contributed by atoms with Crippen LogP contribution in [0.2, 0.25) is 0 Å². The maximum absolute atomic E-state index is 10.4. The van der Waals surface area contributed by atoms with Crippen molar-refractivity contribution in [2.24, 2.45) is 11.7 Å². The summed E-state index contributed by atoms with van der Waals surface area (Å²) in [7, 11) is -2.29. The summed E-state index contributed by atoms with van der Waals surface area (Å²) >= 11 is 0. The molecule has 3 atom stereocenters. The summed E-state index contributed by atoms with van der Waals surface area (Å²) in [5.74, 6) is 0.601. The molecule has 1 aliphatic carbocycles. The van der Waals surface area contributed by atoms with Crippen molar-refractivity contribution in [3.63, 3.8) is 0 Å². The number of nitrogens with two attached hydrogens (primary N) is 1. The lowest BCUT2D eigenvalue weighted by Crippen LogP contribution is -2.25. The molecule has 66 valence electrons. The van der Waals surface area contributed by atoms with Crippen LogP contribution in [-0.4, -0.2) is 16.6 Å². The van der Waals surface area contributed by atoms with Crippen LogP contribution in [0.5, 0.6) is 0 Å². The van der Waals surface area contributed by atoms with Gasteiger partial charge in [-0.05, 0) is 18.8 Å². The highest BCUT2D eigenvalue weighted by atomic mass is 31.1. The topological polar surface area (TPSA) is 63.3 Å². The largest absolute Gasteiger partial charge is 0.346 e. The van der Waals surface area contributed by atoms with Crippen LogP contribution in [0.25, 0.3) is 0 Å². The molecule has 0 radical (unpaired) electrons. The van der Waals surface area contributed by atoms with Crippen LogP contribution >= 0.6 is 8.03 Å². The van der Waals surface area contributed by atoms with Crippen molar-refractivity contribution in [2.45, 2.75) is 31.7 Å². The Morgan fingerprint density at radius 3 is 2.82 bits per heavy atom. The second-order valence-corrected chi connectivity index (χ2v) is 4.72. The summed E-state index contributed by atoms with van der Waals surface area (Å²) in [4.78, 5) is 8.59. The van der Waals surface area contributed by atoms with Crippen molar-refractivity contribution in [1.29, 1.82) is 0 Å². The van der Waals surface area contributed by atoms with E-state index in [0.29, 0.717) is 12.1 Å². The minimum atomic E-state index is -2.29. The first kappa shape index (κ1) is 9.24. The minimum Gasteiger partial charge on any atom is -0.346 e. The summed E-state index contributed by atoms with van der Waals surface area (Å²) in [5, 5.41) is 0. The Bertz CT molecular complexity index is 174. The lowest BCUT2D eigenvalue weighted by Gasteiger charge is -2.08. The molecule has 0 aromatic carbocycles. The Kier molecular flexibility index (Phi) is 2.74. The highest BCUT2D eigenvalue weighted by Crippen LogP contribution is 2.46. The fourth-order valence-electron chi connectivity index (χ4n) is 1.60. The maximum atomic E-state index is 10.4. The average Bonchev–Trinajstić information content (AvgIpc) is 2.59. The van der Waals surface area contributed by atoms with Gasteiger partial charge in [0.2, 0.25) is 0 Å². The van der Waals surface area contributed by atoms with E-state index in [9.17, 15) is 4.57 Å². The molecule has 3 N–H and O–H groups in total. The summed E-state index contributed by atoms with van der Waals surface area (Å²) < 4.78 is 10.4. The molecule has 4 heteroatoms. The van der Waals surface area contributed by atoms with Crippen molar-refractivity contribution in [3.8, 4) is 0 Å². The van der Waals surface area contributed by atoms with Crippen molar-refractivity contribution >= 4 is 8.03 Å². The zero-order valence-electron chi connectivity index (χ0n) is 6.84. The Morgan fingerprint density at radius 2 is 2.45 bits per heavy atom. The van der Waals surface area contributed by atoms with E-state index < -0.39 is 8.03 Å². The van der Waals surface area contributed by atoms with Gasteiger partial charge in [-0.25, -0.2) is 0 Å². The zero-order chi connectivity index (χ0) is 8.48. The molecule has 0 saturated heterocycles. The molecule has 0 heterocycles. The van der Waals surface area contributed by atoms with Gasteiger partial charge in [0, 0.05) is 11.7 Å². The summed E-state index contributed by atoms with van der Waals surface area (Å²) in [6.07, 6.45) is 3.26. The Morgan fingerprint density at radius 1 is 1.82 bits per heavy atom. The molecule has 3 nitrogen and oxygen atoms in total. The van der Waals surface area contributed by atoms with E-state index in [2.05, 4.69) is 6.92 Å². The molecule has 0 aromatic rings. The van der Waals surface area contributed by atoms with Crippen molar-refractivity contribution < 1.29 is 9.46 Å². The molecule has 0 aliphatic heterocycles. The van der Waals surface area contributed by atoms with E-state index in [1.165, 1.54) is 0 Å². The number of hydrogen-bond acceptors (Lipinski definition) is 2. The zero-order valence-corrected chi connectivity index (χ0v) is 7.84. The van der Waals surface area contributed by atoms with Crippen molar-refractivity contribution in [1.82, 2.24) is 0 Å². The van der Waals surface area contributed by atoms with Gasteiger partial charge in [0.25, 0.3) is 0 Å². The van der Waals surface area contributed by atoms with Gasteiger partial charge in [-0.15, -0.1) is 0 Å². The molecule has 1 saturated carbocycles. The summed E-state index contributed by atoms with van der Waals surface area (Å²) in [5.41, 5.74) is 5.83. The maximum Gasteiger partial charge on any atom is 0.189 e. The fourth-order valence-corrected chi connectivity index (χ4v) is 2.28. The molecular weight excluding hydrogens is 161 g/mol. The smallest absolute Gasteiger partial charge is 0.189 e. The minimum absolute atomic E-state index is 0.0855. The third-order valence-corrected chi connectivity index (χ3v) is 3.25. The van der Waals surface area contributed by atoms with Crippen LogP contribution in [0.3, 0.4) is 0 Å². The SMILES string of the molecule is CC[C@H]1C[C@]1(N)CC[PH](=O)O. The third kappa shape index (κ3) is 2.29. The van der Waals surface area contributed by atoms with Gasteiger partial charge < -0.3 is 10.6 Å².